The summed E-state index contributed by atoms with van der Waals surface area (Å²) in [5.41, 5.74) is -0.177. The summed E-state index contributed by atoms with van der Waals surface area (Å²) in [6.07, 6.45) is 0. The van der Waals surface area contributed by atoms with Gasteiger partial charge in [-0.25, -0.2) is 0 Å². The minimum atomic E-state index is -0.988. The van der Waals surface area contributed by atoms with Crippen LogP contribution >= 0.6 is 23.2 Å². The largest absolute Gasteiger partial charge is 0.491 e. The van der Waals surface area contributed by atoms with Gasteiger partial charge in [-0.15, -0.1) is 0 Å². The smallest absolute Gasteiger partial charge is 0.312 e. The average molecular weight is 320 g/mol. The molecule has 0 radical (unpaired) electrons. The highest BCUT2D eigenvalue weighted by atomic mass is 35.5. The third-order valence-corrected chi connectivity index (χ3v) is 3.31. The second kappa shape index (κ2) is 7.16. The van der Waals surface area contributed by atoms with Crippen molar-refractivity contribution >= 4 is 29.2 Å². The van der Waals surface area contributed by atoms with Gasteiger partial charge in [0.2, 0.25) is 0 Å². The quantitative estimate of drug-likeness (QED) is 0.806. The van der Waals surface area contributed by atoms with Crippen LogP contribution in [0.2, 0.25) is 10.0 Å². The van der Waals surface area contributed by atoms with Crippen molar-refractivity contribution in [3.8, 4) is 5.75 Å². The maximum absolute atomic E-state index is 11.1. The van der Waals surface area contributed by atoms with Gasteiger partial charge in [0.05, 0.1) is 10.4 Å². The van der Waals surface area contributed by atoms with Gasteiger partial charge in [0.15, 0.2) is 0 Å². The van der Waals surface area contributed by atoms with Gasteiger partial charge in [0, 0.05) is 17.1 Å². The lowest BCUT2D eigenvalue weighted by atomic mass is 9.95. The van der Waals surface area contributed by atoms with E-state index in [0.29, 0.717) is 22.3 Å². The van der Waals surface area contributed by atoms with E-state index in [4.69, 9.17) is 33.0 Å². The third-order valence-electron chi connectivity index (χ3n) is 2.81. The number of hydrogen-bond acceptors (Lipinski definition) is 3. The van der Waals surface area contributed by atoms with E-state index in [0.717, 1.165) is 12.1 Å². The van der Waals surface area contributed by atoms with Crippen molar-refractivity contribution in [2.24, 2.45) is 5.41 Å². The molecule has 0 unspecified atom stereocenters. The molecule has 0 aliphatic heterocycles. The Hall–Kier alpha value is -0.970. The fourth-order valence-electron chi connectivity index (χ4n) is 1.48. The van der Waals surface area contributed by atoms with Gasteiger partial charge in [-0.05, 0) is 32.5 Å². The summed E-state index contributed by atoms with van der Waals surface area (Å²) < 4.78 is 5.63. The van der Waals surface area contributed by atoms with E-state index in [1.54, 1.807) is 26.0 Å². The summed E-state index contributed by atoms with van der Waals surface area (Å²) in [6.45, 7) is 6.57. The second-order valence-corrected chi connectivity index (χ2v) is 5.98. The lowest BCUT2D eigenvalue weighted by Crippen LogP contribution is -2.31. The number of hydrogen-bond donors (Lipinski definition) is 2. The van der Waals surface area contributed by atoms with Gasteiger partial charge >= 0.3 is 5.97 Å². The Balaban J connectivity index is 2.95. The van der Waals surface area contributed by atoms with Gasteiger partial charge < -0.3 is 15.2 Å². The van der Waals surface area contributed by atoms with Crippen LogP contribution in [0.1, 0.15) is 26.3 Å². The number of carbonyl (C=O) groups is 1. The van der Waals surface area contributed by atoms with Crippen molar-refractivity contribution in [1.82, 2.24) is 5.32 Å². The molecule has 0 aliphatic rings. The molecule has 0 amide bonds. The van der Waals surface area contributed by atoms with Gasteiger partial charge in [-0.2, -0.15) is 0 Å². The molecule has 1 aromatic rings. The van der Waals surface area contributed by atoms with Crippen molar-refractivity contribution in [1.29, 1.82) is 0 Å². The van der Waals surface area contributed by atoms with Crippen LogP contribution in [0.15, 0.2) is 12.1 Å². The Bertz CT molecular complexity index is 490. The minimum absolute atomic E-state index is 0.0306. The molecule has 0 atom stereocenters. The molecule has 0 saturated carbocycles. The summed E-state index contributed by atoms with van der Waals surface area (Å²) in [5.74, 6) is -0.442. The summed E-state index contributed by atoms with van der Waals surface area (Å²) in [5, 5.41) is 13.2. The van der Waals surface area contributed by atoms with Crippen molar-refractivity contribution < 1.29 is 14.6 Å². The second-order valence-electron chi connectivity index (χ2n) is 5.13. The first-order valence-corrected chi connectivity index (χ1v) is 7.08. The lowest BCUT2D eigenvalue weighted by Gasteiger charge is -2.21. The topological polar surface area (TPSA) is 58.6 Å². The molecule has 2 N–H and O–H groups in total. The molecular weight excluding hydrogens is 301 g/mol. The molecule has 112 valence electrons. The van der Waals surface area contributed by atoms with E-state index in [-0.39, 0.29) is 6.61 Å². The van der Waals surface area contributed by atoms with E-state index in [1.807, 2.05) is 6.92 Å². The molecule has 0 fully saturated rings. The van der Waals surface area contributed by atoms with E-state index in [1.165, 1.54) is 0 Å². The monoisotopic (exact) mass is 319 g/mol. The van der Waals surface area contributed by atoms with Crippen LogP contribution in [-0.2, 0) is 11.3 Å². The van der Waals surface area contributed by atoms with Crippen molar-refractivity contribution in [2.45, 2.75) is 27.3 Å². The molecule has 0 saturated heterocycles. The average Bonchev–Trinajstić information content (AvgIpc) is 2.34. The lowest BCUT2D eigenvalue weighted by molar-refractivity contribution is -0.148. The molecule has 0 aliphatic carbocycles. The first-order valence-electron chi connectivity index (χ1n) is 6.32. The molecule has 0 heterocycles. The summed E-state index contributed by atoms with van der Waals surface area (Å²) in [6, 6.07) is 3.35. The first kappa shape index (κ1) is 17.1. The Morgan fingerprint density at radius 3 is 2.60 bits per heavy atom. The van der Waals surface area contributed by atoms with Crippen molar-refractivity contribution in [3.05, 3.63) is 27.7 Å². The number of ether oxygens (including phenoxy) is 1. The third kappa shape index (κ3) is 4.54. The fraction of sp³-hybridized carbons (Fsp3) is 0.500. The summed E-state index contributed by atoms with van der Waals surface area (Å²) in [4.78, 5) is 11.1. The number of carboxylic acids is 1. The van der Waals surface area contributed by atoms with Gasteiger partial charge in [0.1, 0.15) is 12.4 Å². The molecule has 4 nitrogen and oxygen atoms in total. The molecule has 1 aromatic carbocycles. The molecular formula is C14H19Cl2NO3. The van der Waals surface area contributed by atoms with Gasteiger partial charge in [-0.3, -0.25) is 4.79 Å². The Labute approximate surface area is 129 Å². The zero-order valence-electron chi connectivity index (χ0n) is 11.8. The standard InChI is InChI=1S/C14H19Cl2NO3/c1-4-17-7-9-5-10(15)6-11(16)12(9)20-8-14(2,3)13(18)19/h5-6,17H,4,7-8H2,1-3H3,(H,18,19). The highest BCUT2D eigenvalue weighted by Gasteiger charge is 2.29. The number of halogens is 2. The normalized spacial score (nSPS) is 11.4. The van der Waals surface area contributed by atoms with E-state index in [2.05, 4.69) is 5.32 Å². The van der Waals surface area contributed by atoms with Crippen molar-refractivity contribution in [3.63, 3.8) is 0 Å². The zero-order chi connectivity index (χ0) is 15.3. The van der Waals surface area contributed by atoms with E-state index < -0.39 is 11.4 Å². The zero-order valence-corrected chi connectivity index (χ0v) is 13.3. The number of rotatable bonds is 7. The van der Waals surface area contributed by atoms with Crippen LogP contribution in [0.4, 0.5) is 0 Å². The maximum atomic E-state index is 11.1. The van der Waals surface area contributed by atoms with Crippen molar-refractivity contribution in [2.75, 3.05) is 13.2 Å². The number of nitrogens with one attached hydrogen (secondary N) is 1. The van der Waals surface area contributed by atoms with Crippen LogP contribution in [0.3, 0.4) is 0 Å². The summed E-state index contributed by atoms with van der Waals surface area (Å²) >= 11 is 12.1. The molecule has 20 heavy (non-hydrogen) atoms. The highest BCUT2D eigenvalue weighted by Crippen LogP contribution is 2.33. The fourth-order valence-corrected chi connectivity index (χ4v) is 2.07. The van der Waals surface area contributed by atoms with Gasteiger partial charge in [-0.1, -0.05) is 30.1 Å². The molecule has 0 spiro atoms. The Morgan fingerprint density at radius 2 is 2.05 bits per heavy atom. The first-order chi connectivity index (χ1) is 9.27. The minimum Gasteiger partial charge on any atom is -0.491 e. The predicted molar refractivity (Wildman–Crippen MR) is 80.8 cm³/mol. The number of benzene rings is 1. The molecule has 6 heteroatoms. The SMILES string of the molecule is CCNCc1cc(Cl)cc(Cl)c1OCC(C)(C)C(=O)O. The van der Waals surface area contributed by atoms with Crippen LogP contribution < -0.4 is 10.1 Å². The number of aliphatic carboxylic acids is 1. The molecule has 1 rings (SSSR count). The Morgan fingerprint density at radius 1 is 1.40 bits per heavy atom. The van der Waals surface area contributed by atoms with E-state index >= 15 is 0 Å². The van der Waals surface area contributed by atoms with E-state index in [9.17, 15) is 4.79 Å². The van der Waals surface area contributed by atoms with Crippen LogP contribution in [0, 0.1) is 5.41 Å². The highest BCUT2D eigenvalue weighted by molar-refractivity contribution is 6.35. The molecule has 0 aromatic heterocycles. The molecule has 0 bridgehead atoms. The summed E-state index contributed by atoms with van der Waals surface area (Å²) in [7, 11) is 0. The maximum Gasteiger partial charge on any atom is 0.312 e. The van der Waals surface area contributed by atoms with Gasteiger partial charge in [0.25, 0.3) is 0 Å². The van der Waals surface area contributed by atoms with Crippen LogP contribution in [0.25, 0.3) is 0 Å². The van der Waals surface area contributed by atoms with Crippen LogP contribution in [-0.4, -0.2) is 24.2 Å². The number of carboxylic acid groups (broad SMARTS) is 1. The predicted octanol–water partition coefficient (Wildman–Crippen LogP) is 3.59. The van der Waals surface area contributed by atoms with Crippen LogP contribution in [0.5, 0.6) is 5.75 Å². The Kier molecular flexibility index (Phi) is 6.11.